The Bertz CT molecular complexity index is 1450. The smallest absolute Gasteiger partial charge is 0.314 e. The molecule has 5 rings (SSSR count). The highest BCUT2D eigenvalue weighted by Crippen LogP contribution is 2.36. The predicted molar refractivity (Wildman–Crippen MR) is 141 cm³/mol. The molecule has 2 atom stereocenters. The number of nitrogens with zero attached hydrogens (tertiary/aromatic N) is 2. The number of oxazole rings is 1. The molecule has 2 aliphatic rings. The van der Waals surface area contributed by atoms with Gasteiger partial charge in [-0.3, -0.25) is 9.59 Å². The number of fused-ring (bicyclic) bond motifs is 1. The molecular weight excluding hydrogens is 524 g/mol. The maximum absolute atomic E-state index is 13.8. The second-order valence-electron chi connectivity index (χ2n) is 10.1. The van der Waals surface area contributed by atoms with Gasteiger partial charge in [-0.05, 0) is 37.0 Å². The first-order valence-electron chi connectivity index (χ1n) is 12.8. The van der Waals surface area contributed by atoms with Crippen LogP contribution in [-0.2, 0) is 25.1 Å². The second-order valence-corrected chi connectivity index (χ2v) is 12.2. The van der Waals surface area contributed by atoms with E-state index in [-0.39, 0.29) is 31.3 Å². The fourth-order valence-electron chi connectivity index (χ4n) is 5.07. The van der Waals surface area contributed by atoms with E-state index in [4.69, 9.17) is 14.9 Å². The quantitative estimate of drug-likeness (QED) is 0.380. The van der Waals surface area contributed by atoms with Crippen molar-refractivity contribution in [2.24, 2.45) is 11.7 Å². The van der Waals surface area contributed by atoms with Crippen molar-refractivity contribution in [1.82, 2.24) is 15.2 Å². The molecule has 0 radical (unpaired) electrons. The molecule has 3 amide bonds. The molecule has 1 aromatic heterocycles. The number of nitrogens with one attached hydrogen (secondary N) is 1. The van der Waals surface area contributed by atoms with Gasteiger partial charge in [0.05, 0.1) is 30.1 Å². The molecule has 2 fully saturated rings. The van der Waals surface area contributed by atoms with Gasteiger partial charge in [0.1, 0.15) is 11.1 Å². The molecule has 1 aliphatic heterocycles. The number of primary amides is 1. The molecule has 2 aromatic carbocycles. The number of hydrogen-bond acceptors (Lipinski definition) is 8. The predicted octanol–water partition coefficient (Wildman–Crippen LogP) is 2.06. The summed E-state index contributed by atoms with van der Waals surface area (Å²) in [7, 11) is -3.79. The molecule has 39 heavy (non-hydrogen) atoms. The van der Waals surface area contributed by atoms with Gasteiger partial charge in [-0.2, -0.15) is 0 Å². The first kappa shape index (κ1) is 26.8. The van der Waals surface area contributed by atoms with Crippen LogP contribution in [0.15, 0.2) is 59.0 Å². The van der Waals surface area contributed by atoms with Gasteiger partial charge in [0.25, 0.3) is 5.89 Å². The first-order valence-corrected chi connectivity index (χ1v) is 14.6. The third kappa shape index (κ3) is 5.81. The van der Waals surface area contributed by atoms with Crippen molar-refractivity contribution in [3.63, 3.8) is 0 Å². The van der Waals surface area contributed by atoms with Gasteiger partial charge in [-0.25, -0.2) is 18.2 Å². The van der Waals surface area contributed by atoms with Gasteiger partial charge < -0.3 is 25.1 Å². The van der Waals surface area contributed by atoms with Crippen LogP contribution in [0, 0.1) is 5.92 Å². The van der Waals surface area contributed by atoms with Crippen LogP contribution in [0.5, 0.6) is 0 Å². The number of amides is 3. The van der Waals surface area contributed by atoms with Crippen LogP contribution in [0.4, 0.5) is 4.79 Å². The molecule has 0 bridgehead atoms. The summed E-state index contributed by atoms with van der Waals surface area (Å²) in [6.07, 6.45) is 0.490. The standard InChI is InChI=1S/C27H30N4O7S/c28-26(34)31-13-14-37-22(15-31)19(17-39(35,36)16-18-7-2-1-3-8-18)24(33)30-27(11-6-12-27)23(32)25-29-20-9-4-5-10-21(20)38-25/h1-5,7-10,19,22H,6,11-17H2,(H2,28,34)(H,30,33). The fraction of sp³-hybridized carbons (Fsp3) is 0.407. The van der Waals surface area contributed by atoms with Crippen molar-refractivity contribution in [3.05, 3.63) is 66.1 Å². The Morgan fingerprint density at radius 1 is 1.10 bits per heavy atom. The third-order valence-electron chi connectivity index (χ3n) is 7.35. The van der Waals surface area contributed by atoms with E-state index in [0.717, 1.165) is 0 Å². The zero-order chi connectivity index (χ0) is 27.6. The Morgan fingerprint density at radius 3 is 2.49 bits per heavy atom. The van der Waals surface area contributed by atoms with Gasteiger partial charge in [-0.15, -0.1) is 0 Å². The topological polar surface area (TPSA) is 162 Å². The minimum Gasteiger partial charge on any atom is -0.434 e. The maximum Gasteiger partial charge on any atom is 0.314 e. The van der Waals surface area contributed by atoms with Gasteiger partial charge in [-0.1, -0.05) is 42.5 Å². The fourth-order valence-corrected chi connectivity index (χ4v) is 6.80. The van der Waals surface area contributed by atoms with Crippen LogP contribution >= 0.6 is 0 Å². The van der Waals surface area contributed by atoms with E-state index in [1.165, 1.54) is 4.90 Å². The van der Waals surface area contributed by atoms with Gasteiger partial charge in [0.15, 0.2) is 15.4 Å². The Labute approximate surface area is 225 Å². The lowest BCUT2D eigenvalue weighted by atomic mass is 9.73. The van der Waals surface area contributed by atoms with Crippen LogP contribution in [0.25, 0.3) is 11.1 Å². The molecule has 2 heterocycles. The lowest BCUT2D eigenvalue weighted by molar-refractivity contribution is -0.134. The van der Waals surface area contributed by atoms with Crippen molar-refractivity contribution in [2.45, 2.75) is 36.7 Å². The lowest BCUT2D eigenvalue weighted by Gasteiger charge is -2.42. The molecule has 2 unspecified atom stereocenters. The number of ether oxygens (including phenoxy) is 1. The Kier molecular flexibility index (Phi) is 7.41. The minimum atomic E-state index is -3.79. The van der Waals surface area contributed by atoms with Crippen molar-refractivity contribution in [1.29, 1.82) is 0 Å². The molecule has 0 spiro atoms. The summed E-state index contributed by atoms with van der Waals surface area (Å²) in [4.78, 5) is 44.8. The van der Waals surface area contributed by atoms with Crippen LogP contribution in [0.2, 0.25) is 0 Å². The number of sulfone groups is 1. The van der Waals surface area contributed by atoms with Crippen molar-refractivity contribution in [2.75, 3.05) is 25.4 Å². The highest BCUT2D eigenvalue weighted by molar-refractivity contribution is 7.90. The van der Waals surface area contributed by atoms with Gasteiger partial charge in [0, 0.05) is 13.1 Å². The maximum atomic E-state index is 13.8. The molecule has 12 heteroatoms. The van der Waals surface area contributed by atoms with E-state index >= 15 is 0 Å². The van der Waals surface area contributed by atoms with E-state index < -0.39 is 50.9 Å². The summed E-state index contributed by atoms with van der Waals surface area (Å²) < 4.78 is 38.0. The number of Topliss-reactive ketones (excluding diaryl/α,β-unsaturated/α-hetero) is 1. The van der Waals surface area contributed by atoms with Crippen molar-refractivity contribution >= 4 is 38.7 Å². The molecule has 1 saturated carbocycles. The van der Waals surface area contributed by atoms with E-state index in [0.29, 0.717) is 35.9 Å². The van der Waals surface area contributed by atoms with Crippen molar-refractivity contribution < 1.29 is 32.0 Å². The molecule has 3 aromatic rings. The Balaban J connectivity index is 1.40. The summed E-state index contributed by atoms with van der Waals surface area (Å²) in [5.74, 6) is -3.21. The summed E-state index contributed by atoms with van der Waals surface area (Å²) in [6.45, 7) is 0.292. The molecule has 1 aliphatic carbocycles. The van der Waals surface area contributed by atoms with Gasteiger partial charge >= 0.3 is 6.03 Å². The van der Waals surface area contributed by atoms with Crippen LogP contribution in [-0.4, -0.2) is 73.1 Å². The molecule has 3 N–H and O–H groups in total. The van der Waals surface area contributed by atoms with Gasteiger partial charge in [0.2, 0.25) is 11.7 Å². The monoisotopic (exact) mass is 554 g/mol. The summed E-state index contributed by atoms with van der Waals surface area (Å²) >= 11 is 0. The zero-order valence-corrected chi connectivity index (χ0v) is 22.1. The summed E-state index contributed by atoms with van der Waals surface area (Å²) in [5.41, 5.74) is 5.75. The number of ketones is 1. The van der Waals surface area contributed by atoms with E-state index in [9.17, 15) is 22.8 Å². The number of para-hydroxylation sites is 2. The number of aromatic nitrogens is 1. The number of morpholine rings is 1. The zero-order valence-electron chi connectivity index (χ0n) is 21.2. The highest BCUT2D eigenvalue weighted by Gasteiger charge is 2.50. The average molecular weight is 555 g/mol. The number of nitrogens with two attached hydrogens (primary N) is 1. The molecule has 11 nitrogen and oxygen atoms in total. The Morgan fingerprint density at radius 2 is 1.82 bits per heavy atom. The SMILES string of the molecule is NC(=O)N1CCOC(C(CS(=O)(=O)Cc2ccccc2)C(=O)NC2(C(=O)c3nc4ccccc4o3)CCC2)C1. The van der Waals surface area contributed by atoms with E-state index in [1.807, 2.05) is 0 Å². The third-order valence-corrected chi connectivity index (χ3v) is 8.99. The number of benzene rings is 2. The van der Waals surface area contributed by atoms with Crippen molar-refractivity contribution in [3.8, 4) is 0 Å². The highest BCUT2D eigenvalue weighted by atomic mass is 32.2. The van der Waals surface area contributed by atoms with Crippen LogP contribution < -0.4 is 11.1 Å². The number of carbonyl (C=O) groups excluding carboxylic acids is 3. The largest absolute Gasteiger partial charge is 0.434 e. The lowest BCUT2D eigenvalue weighted by Crippen LogP contribution is -2.62. The number of carbonyl (C=O) groups is 3. The summed E-state index contributed by atoms with van der Waals surface area (Å²) in [5, 5.41) is 2.83. The molecular formula is C27H30N4O7S. The van der Waals surface area contributed by atoms with E-state index in [1.54, 1.807) is 54.6 Å². The Hall–Kier alpha value is -3.77. The first-order chi connectivity index (χ1) is 18.7. The average Bonchev–Trinajstić information content (AvgIpc) is 3.34. The van der Waals surface area contributed by atoms with Crippen LogP contribution in [0.1, 0.15) is 35.5 Å². The molecule has 206 valence electrons. The number of rotatable bonds is 9. The number of hydrogen-bond donors (Lipinski definition) is 2. The minimum absolute atomic E-state index is 0.0413. The second kappa shape index (κ2) is 10.8. The number of urea groups is 1. The van der Waals surface area contributed by atoms with E-state index in [2.05, 4.69) is 10.3 Å². The summed E-state index contributed by atoms with van der Waals surface area (Å²) in [6, 6.07) is 14.9. The molecule has 1 saturated heterocycles. The van der Waals surface area contributed by atoms with Crippen LogP contribution in [0.3, 0.4) is 0 Å². The normalized spacial score (nSPS) is 19.7.